The third-order valence-electron chi connectivity index (χ3n) is 6.42. The lowest BCUT2D eigenvalue weighted by Gasteiger charge is -2.41. The number of piperidine rings is 2. The number of hydrogen-bond donors (Lipinski definition) is 0. The Balaban J connectivity index is 1.25. The van der Waals surface area contributed by atoms with Crippen molar-refractivity contribution in [1.29, 1.82) is 0 Å². The van der Waals surface area contributed by atoms with Gasteiger partial charge in [-0.15, -0.1) is 0 Å². The second kappa shape index (κ2) is 10.1. The van der Waals surface area contributed by atoms with Crippen LogP contribution in [0.2, 0.25) is 0 Å². The topological polar surface area (TPSA) is 49.9 Å². The van der Waals surface area contributed by atoms with E-state index in [1.807, 2.05) is 31.2 Å². The molecule has 0 unspecified atom stereocenters. The van der Waals surface area contributed by atoms with E-state index in [9.17, 15) is 12.8 Å². The summed E-state index contributed by atoms with van der Waals surface area (Å²) in [5, 5.41) is 1.32. The predicted molar refractivity (Wildman–Crippen MR) is 125 cm³/mol. The lowest BCUT2D eigenvalue weighted by molar-refractivity contribution is 0.0569. The minimum absolute atomic E-state index is 0.0236. The Hall–Kier alpha value is -2.22. The molecule has 5 nitrogen and oxygen atoms in total. The first-order valence-electron chi connectivity index (χ1n) is 11.3. The zero-order chi connectivity index (χ0) is 22.6. The van der Waals surface area contributed by atoms with E-state index in [2.05, 4.69) is 4.90 Å². The fourth-order valence-electron chi connectivity index (χ4n) is 4.47. The summed E-state index contributed by atoms with van der Waals surface area (Å²) in [7, 11) is -3.41. The molecule has 0 aromatic heterocycles. The largest absolute Gasteiger partial charge is 0.487 e. The summed E-state index contributed by atoms with van der Waals surface area (Å²) in [6.07, 6.45) is 5.06. The summed E-state index contributed by atoms with van der Waals surface area (Å²) >= 11 is 0. The highest BCUT2D eigenvalue weighted by Crippen LogP contribution is 2.26. The Morgan fingerprint density at radius 3 is 2.25 bits per heavy atom. The number of sulfonamides is 1. The highest BCUT2D eigenvalue weighted by Gasteiger charge is 2.32. The summed E-state index contributed by atoms with van der Waals surface area (Å²) in [6, 6.07) is 14.7. The summed E-state index contributed by atoms with van der Waals surface area (Å²) in [4.78, 5) is 2.44. The van der Waals surface area contributed by atoms with Crippen molar-refractivity contribution in [3.63, 3.8) is 0 Å². The van der Waals surface area contributed by atoms with Crippen LogP contribution in [0.25, 0.3) is 6.08 Å². The normalized spacial score (nSPS) is 20.1. The summed E-state index contributed by atoms with van der Waals surface area (Å²) < 4.78 is 46.7. The van der Waals surface area contributed by atoms with Gasteiger partial charge in [0.15, 0.2) is 11.6 Å². The number of aryl methyl sites for hydroxylation is 1. The molecule has 2 fully saturated rings. The Morgan fingerprint density at radius 1 is 0.938 bits per heavy atom. The fraction of sp³-hybridized carbons (Fsp3) is 0.440. The first-order valence-corrected chi connectivity index (χ1v) is 12.8. The van der Waals surface area contributed by atoms with Crippen molar-refractivity contribution in [2.24, 2.45) is 0 Å². The van der Waals surface area contributed by atoms with Crippen molar-refractivity contribution in [2.75, 3.05) is 26.2 Å². The SMILES string of the molecule is Cc1ccc(/C=C/S(=O)(=O)N2CCC(N3CCC(Oc4ccccc4F)CC3)CC2)cc1. The van der Waals surface area contributed by atoms with Crippen molar-refractivity contribution < 1.29 is 17.5 Å². The molecule has 2 aromatic rings. The van der Waals surface area contributed by atoms with Gasteiger partial charge in [0.2, 0.25) is 10.0 Å². The van der Waals surface area contributed by atoms with Gasteiger partial charge in [-0.1, -0.05) is 42.0 Å². The Kier molecular flexibility index (Phi) is 7.28. The molecule has 0 atom stereocenters. The van der Waals surface area contributed by atoms with E-state index in [-0.39, 0.29) is 11.9 Å². The van der Waals surface area contributed by atoms with E-state index in [1.165, 1.54) is 11.5 Å². The average molecular weight is 459 g/mol. The smallest absolute Gasteiger partial charge is 0.236 e. The number of likely N-dealkylation sites (tertiary alicyclic amines) is 1. The van der Waals surface area contributed by atoms with Crippen LogP contribution in [0, 0.1) is 12.7 Å². The molecule has 0 amide bonds. The van der Waals surface area contributed by atoms with Gasteiger partial charge in [-0.05, 0) is 56.4 Å². The molecule has 4 rings (SSSR count). The molecule has 32 heavy (non-hydrogen) atoms. The Bertz CT molecular complexity index is 1020. The molecule has 0 N–H and O–H groups in total. The van der Waals surface area contributed by atoms with Crippen LogP contribution in [0.4, 0.5) is 4.39 Å². The molecule has 0 spiro atoms. The summed E-state index contributed by atoms with van der Waals surface area (Å²) in [6.45, 7) is 4.87. The van der Waals surface area contributed by atoms with Gasteiger partial charge in [0.25, 0.3) is 0 Å². The molecular weight excluding hydrogens is 427 g/mol. The monoisotopic (exact) mass is 458 g/mol. The fourth-order valence-corrected chi connectivity index (χ4v) is 5.69. The minimum Gasteiger partial charge on any atom is -0.487 e. The van der Waals surface area contributed by atoms with Crippen LogP contribution in [0.3, 0.4) is 0 Å². The van der Waals surface area contributed by atoms with Gasteiger partial charge >= 0.3 is 0 Å². The second-order valence-corrected chi connectivity index (χ2v) is 10.5. The van der Waals surface area contributed by atoms with Crippen LogP contribution in [0.15, 0.2) is 53.9 Å². The van der Waals surface area contributed by atoms with Crippen LogP contribution in [0.1, 0.15) is 36.8 Å². The maximum atomic E-state index is 13.8. The maximum absolute atomic E-state index is 13.8. The van der Waals surface area contributed by atoms with Crippen LogP contribution in [-0.2, 0) is 10.0 Å². The van der Waals surface area contributed by atoms with Crippen LogP contribution in [0.5, 0.6) is 5.75 Å². The Labute approximate surface area is 190 Å². The van der Waals surface area contributed by atoms with Crippen molar-refractivity contribution >= 4 is 16.1 Å². The number of ether oxygens (including phenoxy) is 1. The number of rotatable bonds is 6. The lowest BCUT2D eigenvalue weighted by Crippen LogP contribution is -2.49. The molecule has 2 aliphatic rings. The Morgan fingerprint density at radius 2 is 1.59 bits per heavy atom. The van der Waals surface area contributed by atoms with E-state index in [0.29, 0.717) is 24.9 Å². The molecule has 2 aliphatic heterocycles. The van der Waals surface area contributed by atoms with Crippen LogP contribution in [-0.4, -0.2) is 55.9 Å². The van der Waals surface area contributed by atoms with Gasteiger partial charge in [0.05, 0.1) is 0 Å². The molecule has 2 aromatic carbocycles. The first-order chi connectivity index (χ1) is 15.4. The number of benzene rings is 2. The molecule has 2 saturated heterocycles. The molecule has 0 aliphatic carbocycles. The van der Waals surface area contributed by atoms with Gasteiger partial charge < -0.3 is 9.64 Å². The predicted octanol–water partition coefficient (Wildman–Crippen LogP) is 4.44. The van der Waals surface area contributed by atoms with E-state index >= 15 is 0 Å². The average Bonchev–Trinajstić information content (AvgIpc) is 2.81. The second-order valence-electron chi connectivity index (χ2n) is 8.67. The zero-order valence-electron chi connectivity index (χ0n) is 18.5. The van der Waals surface area contributed by atoms with Crippen LogP contribution < -0.4 is 4.74 Å². The van der Waals surface area contributed by atoms with E-state index in [1.54, 1.807) is 28.6 Å². The first kappa shape index (κ1) is 23.0. The molecular formula is C25H31FN2O3S. The zero-order valence-corrected chi connectivity index (χ0v) is 19.3. The molecule has 0 radical (unpaired) electrons. The molecule has 0 saturated carbocycles. The number of nitrogens with zero attached hydrogens (tertiary/aromatic N) is 2. The van der Waals surface area contributed by atoms with Crippen molar-refractivity contribution in [3.05, 3.63) is 70.9 Å². The quantitative estimate of drug-likeness (QED) is 0.642. The highest BCUT2D eigenvalue weighted by atomic mass is 32.2. The van der Waals surface area contributed by atoms with Gasteiger partial charge in [-0.2, -0.15) is 4.31 Å². The standard InChI is InChI=1S/C25H31FN2O3S/c1-20-6-8-21(9-7-20)14-19-32(29,30)28-17-10-22(11-18-28)27-15-12-23(13-16-27)31-25-5-3-2-4-24(25)26/h2-9,14,19,22-23H,10-13,15-18H2,1H3/b19-14+. The van der Waals surface area contributed by atoms with Gasteiger partial charge in [-0.25, -0.2) is 12.8 Å². The molecule has 0 bridgehead atoms. The van der Waals surface area contributed by atoms with Gasteiger partial charge in [-0.3, -0.25) is 0 Å². The summed E-state index contributed by atoms with van der Waals surface area (Å²) in [5.41, 5.74) is 2.03. The van der Waals surface area contributed by atoms with Crippen molar-refractivity contribution in [2.45, 2.75) is 44.8 Å². The lowest BCUT2D eigenvalue weighted by atomic mass is 10.00. The summed E-state index contributed by atoms with van der Waals surface area (Å²) in [5.74, 6) is 0.00287. The van der Waals surface area contributed by atoms with Crippen molar-refractivity contribution in [1.82, 2.24) is 9.21 Å². The molecule has 7 heteroatoms. The highest BCUT2D eigenvalue weighted by molar-refractivity contribution is 7.92. The van der Waals surface area contributed by atoms with Gasteiger partial charge in [0.1, 0.15) is 6.10 Å². The van der Waals surface area contributed by atoms with Crippen molar-refractivity contribution in [3.8, 4) is 5.75 Å². The van der Waals surface area contributed by atoms with E-state index < -0.39 is 10.0 Å². The number of para-hydroxylation sites is 1. The number of hydrogen-bond acceptors (Lipinski definition) is 4. The minimum atomic E-state index is -3.41. The maximum Gasteiger partial charge on any atom is 0.236 e. The van der Waals surface area contributed by atoms with Gasteiger partial charge in [0, 0.05) is 37.6 Å². The number of halogens is 1. The third-order valence-corrected chi connectivity index (χ3v) is 7.98. The molecule has 2 heterocycles. The molecule has 172 valence electrons. The van der Waals surface area contributed by atoms with Crippen LogP contribution >= 0.6 is 0 Å². The third kappa shape index (κ3) is 5.77. The van der Waals surface area contributed by atoms with E-state index in [4.69, 9.17) is 4.74 Å². The van der Waals surface area contributed by atoms with E-state index in [0.717, 1.165) is 49.9 Å².